The highest BCUT2D eigenvalue weighted by Gasteiger charge is 2.13. The van der Waals surface area contributed by atoms with Crippen molar-refractivity contribution in [3.8, 4) is 0 Å². The molecular weight excluding hydrogens is 212 g/mol. The van der Waals surface area contributed by atoms with Gasteiger partial charge in [0.15, 0.2) is 0 Å². The number of thiazole rings is 1. The third-order valence-corrected chi connectivity index (χ3v) is 3.15. The van der Waals surface area contributed by atoms with Crippen molar-refractivity contribution < 1.29 is 9.90 Å². The van der Waals surface area contributed by atoms with E-state index in [1.165, 1.54) is 11.3 Å². The van der Waals surface area contributed by atoms with Gasteiger partial charge in [0.1, 0.15) is 9.88 Å². The number of hydrogen-bond acceptors (Lipinski definition) is 3. The first-order valence-electron chi connectivity index (χ1n) is 4.47. The Morgan fingerprint density at radius 2 is 2.20 bits per heavy atom. The van der Waals surface area contributed by atoms with Crippen LogP contribution in [0.5, 0.6) is 0 Å². The van der Waals surface area contributed by atoms with Gasteiger partial charge in [-0.3, -0.25) is 0 Å². The van der Waals surface area contributed by atoms with Crippen LogP contribution in [0.3, 0.4) is 0 Å². The molecule has 0 aromatic carbocycles. The molecule has 5 heteroatoms. The Morgan fingerprint density at radius 3 is 2.73 bits per heavy atom. The number of aromatic carboxylic acids is 1. The van der Waals surface area contributed by atoms with Crippen LogP contribution in [0, 0.1) is 6.92 Å². The number of carbonyl (C=O) groups is 1. The molecule has 1 N–H and O–H groups in total. The van der Waals surface area contributed by atoms with Crippen molar-refractivity contribution in [2.75, 3.05) is 0 Å². The molecule has 0 aliphatic heterocycles. The van der Waals surface area contributed by atoms with E-state index in [2.05, 4.69) is 4.98 Å². The second-order valence-electron chi connectivity index (χ2n) is 3.18. The van der Waals surface area contributed by atoms with Gasteiger partial charge in [-0.2, -0.15) is 0 Å². The van der Waals surface area contributed by atoms with Crippen molar-refractivity contribution in [2.45, 2.75) is 13.5 Å². The largest absolute Gasteiger partial charge is 0.477 e. The van der Waals surface area contributed by atoms with Gasteiger partial charge in [0.2, 0.25) is 0 Å². The van der Waals surface area contributed by atoms with E-state index in [1.807, 2.05) is 29.1 Å². The number of aromatic nitrogens is 2. The molecule has 2 aromatic heterocycles. The van der Waals surface area contributed by atoms with Crippen molar-refractivity contribution in [3.63, 3.8) is 0 Å². The van der Waals surface area contributed by atoms with Crippen molar-refractivity contribution in [1.29, 1.82) is 0 Å². The lowest BCUT2D eigenvalue weighted by molar-refractivity contribution is 0.0701. The Labute approximate surface area is 90.8 Å². The minimum Gasteiger partial charge on any atom is -0.477 e. The number of rotatable bonds is 3. The second-order valence-corrected chi connectivity index (χ2v) is 4.27. The van der Waals surface area contributed by atoms with Crippen LogP contribution in [-0.4, -0.2) is 20.6 Å². The van der Waals surface area contributed by atoms with Crippen LogP contribution >= 0.6 is 11.3 Å². The molecule has 0 amide bonds. The summed E-state index contributed by atoms with van der Waals surface area (Å²) in [6.07, 6.45) is 3.86. The molecule has 2 rings (SSSR count). The molecule has 0 bridgehead atoms. The van der Waals surface area contributed by atoms with E-state index in [9.17, 15) is 4.79 Å². The van der Waals surface area contributed by atoms with Crippen LogP contribution in [0.25, 0.3) is 0 Å². The number of carboxylic acid groups (broad SMARTS) is 1. The molecule has 4 nitrogen and oxygen atoms in total. The summed E-state index contributed by atoms with van der Waals surface area (Å²) in [6.45, 7) is 2.35. The third kappa shape index (κ3) is 2.07. The molecular formula is C10H10N2O2S. The average Bonchev–Trinajstić information content (AvgIpc) is 2.75. The molecule has 0 radical (unpaired) electrons. The van der Waals surface area contributed by atoms with Gasteiger partial charge in [-0.1, -0.05) is 0 Å². The molecule has 2 heterocycles. The summed E-state index contributed by atoms with van der Waals surface area (Å²) < 4.78 is 1.96. The fraction of sp³-hybridized carbons (Fsp3) is 0.200. The summed E-state index contributed by atoms with van der Waals surface area (Å²) in [5.74, 6) is -0.899. The van der Waals surface area contributed by atoms with E-state index >= 15 is 0 Å². The maximum Gasteiger partial charge on any atom is 0.347 e. The zero-order valence-corrected chi connectivity index (χ0v) is 8.99. The van der Waals surface area contributed by atoms with Crippen molar-refractivity contribution in [3.05, 3.63) is 40.1 Å². The summed E-state index contributed by atoms with van der Waals surface area (Å²) in [4.78, 5) is 15.4. The summed E-state index contributed by atoms with van der Waals surface area (Å²) >= 11 is 1.23. The van der Waals surface area contributed by atoms with Crippen LogP contribution in [0.1, 0.15) is 20.4 Å². The summed E-state index contributed by atoms with van der Waals surface area (Å²) in [5.41, 5.74) is 0.592. The van der Waals surface area contributed by atoms with Crippen molar-refractivity contribution in [2.24, 2.45) is 0 Å². The summed E-state index contributed by atoms with van der Waals surface area (Å²) in [7, 11) is 0. The van der Waals surface area contributed by atoms with Crippen LogP contribution in [0.2, 0.25) is 0 Å². The molecule has 15 heavy (non-hydrogen) atoms. The summed E-state index contributed by atoms with van der Waals surface area (Å²) in [6, 6.07) is 3.86. The Kier molecular flexibility index (Phi) is 2.55. The third-order valence-electron chi connectivity index (χ3n) is 2.02. The van der Waals surface area contributed by atoms with E-state index in [4.69, 9.17) is 5.11 Å². The first-order chi connectivity index (χ1) is 7.16. The molecule has 0 fully saturated rings. The molecule has 0 spiro atoms. The van der Waals surface area contributed by atoms with Gasteiger partial charge in [-0.25, -0.2) is 9.78 Å². The fourth-order valence-corrected chi connectivity index (χ4v) is 2.26. The average molecular weight is 222 g/mol. The molecule has 0 unspecified atom stereocenters. The lowest BCUT2D eigenvalue weighted by atomic mass is 10.4. The molecule has 0 saturated heterocycles. The van der Waals surface area contributed by atoms with Crippen LogP contribution in [-0.2, 0) is 6.54 Å². The zero-order valence-electron chi connectivity index (χ0n) is 8.17. The predicted molar refractivity (Wildman–Crippen MR) is 57.3 cm³/mol. The normalized spacial score (nSPS) is 10.5. The van der Waals surface area contributed by atoms with Crippen LogP contribution in [0.15, 0.2) is 24.5 Å². The molecule has 0 aliphatic carbocycles. The molecule has 0 atom stereocenters. The van der Waals surface area contributed by atoms with Crippen molar-refractivity contribution >= 4 is 17.3 Å². The molecule has 2 aromatic rings. The topological polar surface area (TPSA) is 55.1 Å². The minimum atomic E-state index is -0.899. The highest BCUT2D eigenvalue weighted by Crippen LogP contribution is 2.18. The highest BCUT2D eigenvalue weighted by molar-refractivity contribution is 7.13. The Hall–Kier alpha value is -1.62. The standard InChI is InChI=1S/C10H10N2O2S/c1-7-9(10(13)14)15-8(11-7)6-12-4-2-3-5-12/h2-5H,6H2,1H3,(H,13,14). The predicted octanol–water partition coefficient (Wildman–Crippen LogP) is 2.00. The molecule has 0 saturated carbocycles. The van der Waals surface area contributed by atoms with Crippen LogP contribution in [0.4, 0.5) is 0 Å². The Morgan fingerprint density at radius 1 is 1.53 bits per heavy atom. The number of hydrogen-bond donors (Lipinski definition) is 1. The number of nitrogens with zero attached hydrogens (tertiary/aromatic N) is 2. The maximum atomic E-state index is 10.8. The Bertz CT molecular complexity index is 474. The summed E-state index contributed by atoms with van der Waals surface area (Å²) in [5, 5.41) is 9.69. The maximum absolute atomic E-state index is 10.8. The molecule has 0 aliphatic rings. The van der Waals surface area contributed by atoms with E-state index in [0.29, 0.717) is 17.1 Å². The van der Waals surface area contributed by atoms with E-state index in [0.717, 1.165) is 5.01 Å². The Balaban J connectivity index is 2.23. The number of carboxylic acids is 1. The quantitative estimate of drug-likeness (QED) is 0.864. The molecule has 78 valence electrons. The van der Waals surface area contributed by atoms with Gasteiger partial charge in [0, 0.05) is 12.4 Å². The van der Waals surface area contributed by atoms with Gasteiger partial charge in [0.25, 0.3) is 0 Å². The first-order valence-corrected chi connectivity index (χ1v) is 5.29. The van der Waals surface area contributed by atoms with Crippen molar-refractivity contribution in [1.82, 2.24) is 9.55 Å². The second kappa shape index (κ2) is 3.86. The smallest absolute Gasteiger partial charge is 0.347 e. The lowest BCUT2D eigenvalue weighted by Gasteiger charge is -1.96. The number of aryl methyl sites for hydroxylation is 1. The van der Waals surface area contributed by atoms with E-state index < -0.39 is 5.97 Å². The van der Waals surface area contributed by atoms with E-state index in [-0.39, 0.29) is 0 Å². The lowest BCUT2D eigenvalue weighted by Crippen LogP contribution is -1.95. The van der Waals surface area contributed by atoms with Crippen LogP contribution < -0.4 is 0 Å². The minimum absolute atomic E-state index is 0.331. The van der Waals surface area contributed by atoms with Gasteiger partial charge in [0.05, 0.1) is 12.2 Å². The van der Waals surface area contributed by atoms with Gasteiger partial charge < -0.3 is 9.67 Å². The highest BCUT2D eigenvalue weighted by atomic mass is 32.1. The van der Waals surface area contributed by atoms with Gasteiger partial charge in [-0.15, -0.1) is 11.3 Å². The van der Waals surface area contributed by atoms with Gasteiger partial charge >= 0.3 is 5.97 Å². The SMILES string of the molecule is Cc1nc(Cn2cccc2)sc1C(=O)O. The monoisotopic (exact) mass is 222 g/mol. The fourth-order valence-electron chi connectivity index (χ4n) is 1.35. The first kappa shape index (κ1) is 9.92. The van der Waals surface area contributed by atoms with Gasteiger partial charge in [-0.05, 0) is 19.1 Å². The van der Waals surface area contributed by atoms with E-state index in [1.54, 1.807) is 6.92 Å². The zero-order chi connectivity index (χ0) is 10.8.